The lowest BCUT2D eigenvalue weighted by molar-refractivity contribution is 0.0411. The normalized spacial score (nSPS) is 15.0. The van der Waals surface area contributed by atoms with Crippen LogP contribution in [-0.4, -0.2) is 19.3 Å². The predicted molar refractivity (Wildman–Crippen MR) is 68.5 cm³/mol. The Morgan fingerprint density at radius 2 is 2.25 bits per heavy atom. The second kappa shape index (κ2) is 7.09. The van der Waals surface area contributed by atoms with E-state index in [1.807, 2.05) is 13.0 Å². The summed E-state index contributed by atoms with van der Waals surface area (Å²) in [5, 5.41) is 3.45. The smallest absolute Gasteiger partial charge is 0.137 e. The third-order valence-corrected chi connectivity index (χ3v) is 3.10. The molecule has 0 fully saturated rings. The number of halogens is 1. The van der Waals surface area contributed by atoms with Crippen molar-refractivity contribution < 1.29 is 9.15 Å². The Hall–Kier alpha value is -0.320. The second-order valence-corrected chi connectivity index (χ2v) is 4.58. The minimum atomic E-state index is 0.0963. The van der Waals surface area contributed by atoms with E-state index >= 15 is 0 Å². The van der Waals surface area contributed by atoms with Crippen LogP contribution >= 0.6 is 15.9 Å². The molecular weight excluding hydrogens is 270 g/mol. The summed E-state index contributed by atoms with van der Waals surface area (Å²) in [5.74, 6) is 0.911. The maximum atomic E-state index is 5.64. The van der Waals surface area contributed by atoms with Gasteiger partial charge in [-0.25, -0.2) is 0 Å². The Morgan fingerprint density at radius 3 is 2.75 bits per heavy atom. The maximum Gasteiger partial charge on any atom is 0.137 e. The fourth-order valence-corrected chi connectivity index (χ4v) is 2.11. The van der Waals surface area contributed by atoms with E-state index in [4.69, 9.17) is 9.15 Å². The predicted octanol–water partition coefficient (Wildman–Crippen LogP) is 3.51. The molecular formula is C12H20BrNO2. The molecule has 1 heterocycles. The molecule has 0 spiro atoms. The zero-order valence-corrected chi connectivity index (χ0v) is 11.7. The third kappa shape index (κ3) is 3.61. The van der Waals surface area contributed by atoms with Crippen molar-refractivity contribution in [3.8, 4) is 0 Å². The largest absolute Gasteiger partial charge is 0.466 e. The first-order valence-electron chi connectivity index (χ1n) is 5.78. The Labute approximate surface area is 106 Å². The average molecular weight is 290 g/mol. The van der Waals surface area contributed by atoms with Gasteiger partial charge in [-0.1, -0.05) is 6.92 Å². The van der Waals surface area contributed by atoms with Gasteiger partial charge in [0.15, 0.2) is 0 Å². The van der Waals surface area contributed by atoms with Gasteiger partial charge in [0.05, 0.1) is 22.9 Å². The van der Waals surface area contributed by atoms with Gasteiger partial charge in [-0.05, 0) is 48.8 Å². The van der Waals surface area contributed by atoms with Crippen molar-refractivity contribution >= 4 is 15.9 Å². The molecule has 0 aliphatic carbocycles. The van der Waals surface area contributed by atoms with Crippen LogP contribution < -0.4 is 5.32 Å². The number of rotatable bonds is 7. The molecule has 0 aliphatic rings. The summed E-state index contributed by atoms with van der Waals surface area (Å²) in [4.78, 5) is 0. The highest BCUT2D eigenvalue weighted by atomic mass is 79.9. The Morgan fingerprint density at radius 1 is 1.50 bits per heavy atom. The standard InChI is InChI=1S/C12H20BrNO2/c1-4-7-14-11(9(3)15-5-2)12-10(13)6-8-16-12/h6,8-9,11,14H,4-5,7H2,1-3H3. The second-order valence-electron chi connectivity index (χ2n) is 3.73. The van der Waals surface area contributed by atoms with Crippen LogP contribution in [0, 0.1) is 0 Å². The molecule has 2 unspecified atom stereocenters. The zero-order valence-electron chi connectivity index (χ0n) is 10.1. The number of furan rings is 1. The van der Waals surface area contributed by atoms with Gasteiger partial charge in [0, 0.05) is 6.61 Å². The van der Waals surface area contributed by atoms with Crippen molar-refractivity contribution in [2.75, 3.05) is 13.2 Å². The van der Waals surface area contributed by atoms with Crippen LogP contribution in [0.4, 0.5) is 0 Å². The molecule has 16 heavy (non-hydrogen) atoms. The summed E-state index contributed by atoms with van der Waals surface area (Å²) >= 11 is 3.49. The average Bonchev–Trinajstić information content (AvgIpc) is 2.66. The topological polar surface area (TPSA) is 34.4 Å². The summed E-state index contributed by atoms with van der Waals surface area (Å²) in [6.07, 6.45) is 2.88. The monoisotopic (exact) mass is 289 g/mol. The van der Waals surface area contributed by atoms with E-state index in [0.29, 0.717) is 6.61 Å². The summed E-state index contributed by atoms with van der Waals surface area (Å²) in [6.45, 7) is 7.88. The van der Waals surface area contributed by atoms with E-state index < -0.39 is 0 Å². The quantitative estimate of drug-likeness (QED) is 0.834. The van der Waals surface area contributed by atoms with E-state index in [0.717, 1.165) is 23.2 Å². The van der Waals surface area contributed by atoms with Crippen molar-refractivity contribution in [1.82, 2.24) is 5.32 Å². The lowest BCUT2D eigenvalue weighted by Gasteiger charge is -2.23. The molecule has 0 bridgehead atoms. The molecule has 2 atom stereocenters. The van der Waals surface area contributed by atoms with Gasteiger partial charge in [-0.2, -0.15) is 0 Å². The minimum absolute atomic E-state index is 0.0963. The highest BCUT2D eigenvalue weighted by Gasteiger charge is 2.23. The summed E-state index contributed by atoms with van der Waals surface area (Å²) in [5.41, 5.74) is 0. The van der Waals surface area contributed by atoms with Crippen LogP contribution in [0.5, 0.6) is 0 Å². The van der Waals surface area contributed by atoms with Gasteiger partial charge < -0.3 is 14.5 Å². The summed E-state index contributed by atoms with van der Waals surface area (Å²) < 4.78 is 12.1. The molecule has 3 nitrogen and oxygen atoms in total. The van der Waals surface area contributed by atoms with Gasteiger partial charge in [0.1, 0.15) is 5.76 Å². The fraction of sp³-hybridized carbons (Fsp3) is 0.667. The number of hydrogen-bond acceptors (Lipinski definition) is 3. The van der Waals surface area contributed by atoms with E-state index in [2.05, 4.69) is 35.1 Å². The van der Waals surface area contributed by atoms with Gasteiger partial charge in [0.2, 0.25) is 0 Å². The van der Waals surface area contributed by atoms with E-state index in [9.17, 15) is 0 Å². The molecule has 1 aromatic heterocycles. The van der Waals surface area contributed by atoms with Crippen LogP contribution in [0.15, 0.2) is 21.2 Å². The molecule has 0 amide bonds. The van der Waals surface area contributed by atoms with Crippen LogP contribution in [0.3, 0.4) is 0 Å². The molecule has 0 saturated carbocycles. The molecule has 0 radical (unpaired) electrons. The zero-order chi connectivity index (χ0) is 12.0. The summed E-state index contributed by atoms with van der Waals surface area (Å²) in [6, 6.07) is 2.01. The molecule has 1 rings (SSSR count). The highest BCUT2D eigenvalue weighted by Crippen LogP contribution is 2.27. The van der Waals surface area contributed by atoms with Crippen molar-refractivity contribution in [3.05, 3.63) is 22.6 Å². The Bertz CT molecular complexity index is 301. The van der Waals surface area contributed by atoms with Crippen molar-refractivity contribution in [3.63, 3.8) is 0 Å². The minimum Gasteiger partial charge on any atom is -0.466 e. The number of ether oxygens (including phenoxy) is 1. The van der Waals surface area contributed by atoms with Gasteiger partial charge in [0.25, 0.3) is 0 Å². The van der Waals surface area contributed by atoms with Gasteiger partial charge >= 0.3 is 0 Å². The number of hydrogen-bond donors (Lipinski definition) is 1. The number of nitrogens with one attached hydrogen (secondary N) is 1. The van der Waals surface area contributed by atoms with Crippen LogP contribution in [-0.2, 0) is 4.74 Å². The fourth-order valence-electron chi connectivity index (χ4n) is 1.66. The summed E-state index contributed by atoms with van der Waals surface area (Å²) in [7, 11) is 0. The third-order valence-electron chi connectivity index (χ3n) is 2.44. The SMILES string of the molecule is CCCNC(c1occc1Br)C(C)OCC. The Kier molecular flexibility index (Phi) is 6.09. The van der Waals surface area contributed by atoms with E-state index in [-0.39, 0.29) is 12.1 Å². The van der Waals surface area contributed by atoms with Crippen molar-refractivity contribution in [1.29, 1.82) is 0 Å². The first-order valence-corrected chi connectivity index (χ1v) is 6.57. The van der Waals surface area contributed by atoms with E-state index in [1.54, 1.807) is 6.26 Å². The molecule has 0 aromatic carbocycles. The first-order chi connectivity index (χ1) is 7.70. The lowest BCUT2D eigenvalue weighted by atomic mass is 10.1. The van der Waals surface area contributed by atoms with Crippen LogP contribution in [0.25, 0.3) is 0 Å². The Balaban J connectivity index is 2.74. The van der Waals surface area contributed by atoms with E-state index in [1.165, 1.54) is 0 Å². The molecule has 92 valence electrons. The highest BCUT2D eigenvalue weighted by molar-refractivity contribution is 9.10. The molecule has 0 aliphatic heterocycles. The van der Waals surface area contributed by atoms with Gasteiger partial charge in [-0.15, -0.1) is 0 Å². The molecule has 1 N–H and O–H groups in total. The van der Waals surface area contributed by atoms with Crippen LogP contribution in [0.2, 0.25) is 0 Å². The van der Waals surface area contributed by atoms with Crippen LogP contribution in [0.1, 0.15) is 39.0 Å². The molecule has 0 saturated heterocycles. The van der Waals surface area contributed by atoms with Crippen molar-refractivity contribution in [2.24, 2.45) is 0 Å². The van der Waals surface area contributed by atoms with Crippen molar-refractivity contribution in [2.45, 2.75) is 39.3 Å². The maximum absolute atomic E-state index is 5.64. The van der Waals surface area contributed by atoms with Gasteiger partial charge in [-0.3, -0.25) is 0 Å². The molecule has 4 heteroatoms. The molecule has 1 aromatic rings. The first kappa shape index (κ1) is 13.7. The lowest BCUT2D eigenvalue weighted by Crippen LogP contribution is -2.32.